The van der Waals surface area contributed by atoms with E-state index >= 15 is 0 Å². The predicted octanol–water partition coefficient (Wildman–Crippen LogP) is 0.597. The van der Waals surface area contributed by atoms with E-state index in [1.54, 1.807) is 4.90 Å². The molecule has 0 atom stereocenters. The summed E-state index contributed by atoms with van der Waals surface area (Å²) < 4.78 is 0. The van der Waals surface area contributed by atoms with E-state index in [9.17, 15) is 4.79 Å². The number of carbonyl (C=O) groups is 1. The van der Waals surface area contributed by atoms with Crippen molar-refractivity contribution in [3.63, 3.8) is 0 Å². The number of alkyl halides is 1. The molecular formula is C7H14Cl2N2O. The number of piperidine rings is 1. The zero-order chi connectivity index (χ0) is 8.27. The quantitative estimate of drug-likeness (QED) is 0.648. The lowest BCUT2D eigenvalue weighted by Crippen LogP contribution is -2.43. The van der Waals surface area contributed by atoms with Gasteiger partial charge >= 0.3 is 0 Å². The molecule has 0 unspecified atom stereocenters. The fourth-order valence-electron chi connectivity index (χ4n) is 1.23. The maximum atomic E-state index is 11.0. The molecule has 0 bridgehead atoms. The second-order valence-electron chi connectivity index (χ2n) is 2.85. The summed E-state index contributed by atoms with van der Waals surface area (Å²) in [5.74, 6) is 0.119. The summed E-state index contributed by atoms with van der Waals surface area (Å²) in [7, 11) is 0. The van der Waals surface area contributed by atoms with Crippen molar-refractivity contribution in [2.24, 2.45) is 5.73 Å². The van der Waals surface area contributed by atoms with Crippen molar-refractivity contribution < 1.29 is 4.79 Å². The monoisotopic (exact) mass is 212 g/mol. The summed E-state index contributed by atoms with van der Waals surface area (Å²) in [6.07, 6.45) is 1.81. The summed E-state index contributed by atoms with van der Waals surface area (Å²) in [5.41, 5.74) is 5.67. The Morgan fingerprint density at radius 1 is 1.50 bits per heavy atom. The third-order valence-corrected chi connectivity index (χ3v) is 2.24. The van der Waals surface area contributed by atoms with E-state index in [4.69, 9.17) is 17.3 Å². The highest BCUT2D eigenvalue weighted by atomic mass is 35.5. The first kappa shape index (κ1) is 12.0. The van der Waals surface area contributed by atoms with Crippen LogP contribution >= 0.6 is 24.0 Å². The Morgan fingerprint density at radius 2 is 2.00 bits per heavy atom. The van der Waals surface area contributed by atoms with Crippen LogP contribution < -0.4 is 5.73 Å². The van der Waals surface area contributed by atoms with E-state index < -0.39 is 0 Å². The van der Waals surface area contributed by atoms with Gasteiger partial charge in [-0.2, -0.15) is 0 Å². The molecule has 0 radical (unpaired) electrons. The minimum absolute atomic E-state index is 0. The molecule has 0 aromatic carbocycles. The maximum Gasteiger partial charge on any atom is 0.237 e. The summed E-state index contributed by atoms with van der Waals surface area (Å²) in [4.78, 5) is 12.8. The van der Waals surface area contributed by atoms with Gasteiger partial charge in [-0.1, -0.05) is 0 Å². The first-order valence-corrected chi connectivity index (χ1v) is 4.37. The summed E-state index contributed by atoms with van der Waals surface area (Å²) >= 11 is 5.40. The first-order valence-electron chi connectivity index (χ1n) is 3.83. The van der Waals surface area contributed by atoms with E-state index in [0.29, 0.717) is 0 Å². The Labute approximate surface area is 83.6 Å². The molecule has 0 aromatic rings. The standard InChI is InChI=1S/C7H13ClN2O.ClH/c8-5-7(11)10-3-1-6(9)2-4-10;/h6H,1-5,9H2;1H. The molecule has 0 aromatic heterocycles. The van der Waals surface area contributed by atoms with Gasteiger partial charge in [0.2, 0.25) is 5.91 Å². The van der Waals surface area contributed by atoms with Crippen molar-refractivity contribution >= 4 is 29.9 Å². The van der Waals surface area contributed by atoms with Gasteiger partial charge in [-0.15, -0.1) is 24.0 Å². The predicted molar refractivity (Wildman–Crippen MR) is 51.8 cm³/mol. The molecule has 2 N–H and O–H groups in total. The van der Waals surface area contributed by atoms with Crippen molar-refractivity contribution in [1.29, 1.82) is 0 Å². The van der Waals surface area contributed by atoms with E-state index in [0.717, 1.165) is 25.9 Å². The molecule has 5 heteroatoms. The van der Waals surface area contributed by atoms with Gasteiger partial charge in [0.1, 0.15) is 5.88 Å². The average Bonchev–Trinajstić information content (AvgIpc) is 2.05. The summed E-state index contributed by atoms with van der Waals surface area (Å²) in [6, 6.07) is 0.273. The van der Waals surface area contributed by atoms with Crippen LogP contribution in [0.2, 0.25) is 0 Å². The largest absolute Gasteiger partial charge is 0.342 e. The third-order valence-electron chi connectivity index (χ3n) is 2.01. The fourth-order valence-corrected chi connectivity index (χ4v) is 1.40. The van der Waals surface area contributed by atoms with E-state index in [1.165, 1.54) is 0 Å². The smallest absolute Gasteiger partial charge is 0.237 e. The summed E-state index contributed by atoms with van der Waals surface area (Å²) in [6.45, 7) is 1.54. The lowest BCUT2D eigenvalue weighted by Gasteiger charge is -2.29. The molecule has 1 rings (SSSR count). The van der Waals surface area contributed by atoms with Crippen LogP contribution in [0.3, 0.4) is 0 Å². The van der Waals surface area contributed by atoms with Gasteiger partial charge in [-0.05, 0) is 12.8 Å². The van der Waals surface area contributed by atoms with Crippen LogP contribution in [0.4, 0.5) is 0 Å². The number of rotatable bonds is 1. The Kier molecular flexibility index (Phi) is 5.63. The van der Waals surface area contributed by atoms with E-state index in [-0.39, 0.29) is 30.2 Å². The number of likely N-dealkylation sites (tertiary alicyclic amines) is 1. The first-order chi connectivity index (χ1) is 5.24. The molecule has 1 aliphatic rings. The van der Waals surface area contributed by atoms with Gasteiger partial charge in [-0.25, -0.2) is 0 Å². The van der Waals surface area contributed by atoms with Crippen LogP contribution in [0, 0.1) is 0 Å². The van der Waals surface area contributed by atoms with Crippen LogP contribution in [-0.4, -0.2) is 35.8 Å². The number of nitrogens with two attached hydrogens (primary N) is 1. The number of hydrogen-bond donors (Lipinski definition) is 1. The van der Waals surface area contributed by atoms with Gasteiger partial charge < -0.3 is 10.6 Å². The minimum Gasteiger partial charge on any atom is -0.342 e. The molecule has 0 aliphatic carbocycles. The van der Waals surface area contributed by atoms with Gasteiger partial charge in [-0.3, -0.25) is 4.79 Å². The number of carbonyl (C=O) groups excluding carboxylic acids is 1. The second kappa shape index (κ2) is 5.62. The minimum atomic E-state index is 0. The van der Waals surface area contributed by atoms with Crippen molar-refractivity contribution in [1.82, 2.24) is 4.90 Å². The van der Waals surface area contributed by atoms with Crippen LogP contribution in [0.15, 0.2) is 0 Å². The average molecular weight is 213 g/mol. The van der Waals surface area contributed by atoms with Gasteiger partial charge in [0.15, 0.2) is 0 Å². The van der Waals surface area contributed by atoms with Crippen molar-refractivity contribution in [3.05, 3.63) is 0 Å². The molecule has 1 amide bonds. The highest BCUT2D eigenvalue weighted by molar-refractivity contribution is 6.27. The van der Waals surface area contributed by atoms with Crippen LogP contribution in [-0.2, 0) is 4.79 Å². The topological polar surface area (TPSA) is 46.3 Å². The lowest BCUT2D eigenvalue weighted by molar-refractivity contribution is -0.129. The van der Waals surface area contributed by atoms with Gasteiger partial charge in [0, 0.05) is 19.1 Å². The highest BCUT2D eigenvalue weighted by Gasteiger charge is 2.19. The zero-order valence-electron chi connectivity index (χ0n) is 6.83. The molecule has 1 fully saturated rings. The molecule has 0 spiro atoms. The SMILES string of the molecule is Cl.NC1CCN(C(=O)CCl)CC1. The van der Waals surface area contributed by atoms with Crippen molar-refractivity contribution in [2.75, 3.05) is 19.0 Å². The van der Waals surface area contributed by atoms with Gasteiger partial charge in [0.25, 0.3) is 0 Å². The van der Waals surface area contributed by atoms with Gasteiger partial charge in [0.05, 0.1) is 0 Å². The molecule has 1 aliphatic heterocycles. The maximum absolute atomic E-state index is 11.0. The number of nitrogens with zero attached hydrogens (tertiary/aromatic N) is 1. The van der Waals surface area contributed by atoms with Crippen LogP contribution in [0.1, 0.15) is 12.8 Å². The Bertz CT molecular complexity index is 146. The normalized spacial score (nSPS) is 18.7. The van der Waals surface area contributed by atoms with Crippen molar-refractivity contribution in [3.8, 4) is 0 Å². The molecule has 1 heterocycles. The molecular weight excluding hydrogens is 199 g/mol. The highest BCUT2D eigenvalue weighted by Crippen LogP contribution is 2.08. The van der Waals surface area contributed by atoms with E-state index in [2.05, 4.69) is 0 Å². The lowest BCUT2D eigenvalue weighted by atomic mass is 10.1. The molecule has 1 saturated heterocycles. The zero-order valence-corrected chi connectivity index (χ0v) is 8.40. The van der Waals surface area contributed by atoms with E-state index in [1.807, 2.05) is 0 Å². The molecule has 0 saturated carbocycles. The third kappa shape index (κ3) is 3.17. The van der Waals surface area contributed by atoms with Crippen LogP contribution in [0.5, 0.6) is 0 Å². The Balaban J connectivity index is 0.00000121. The van der Waals surface area contributed by atoms with Crippen molar-refractivity contribution in [2.45, 2.75) is 18.9 Å². The molecule has 3 nitrogen and oxygen atoms in total. The van der Waals surface area contributed by atoms with Crippen LogP contribution in [0.25, 0.3) is 0 Å². The molecule has 72 valence electrons. The Morgan fingerprint density at radius 3 is 2.42 bits per heavy atom. The Hall–Kier alpha value is 0.01000. The summed E-state index contributed by atoms with van der Waals surface area (Å²) in [5, 5.41) is 0. The fraction of sp³-hybridized carbons (Fsp3) is 0.857. The number of amides is 1. The number of halogens is 2. The number of hydrogen-bond acceptors (Lipinski definition) is 2. The second-order valence-corrected chi connectivity index (χ2v) is 3.12. The molecule has 12 heavy (non-hydrogen) atoms.